The summed E-state index contributed by atoms with van der Waals surface area (Å²) in [6.45, 7) is 5.35. The molecule has 4 heteroatoms. The van der Waals surface area contributed by atoms with Gasteiger partial charge in [-0.3, -0.25) is 9.63 Å². The summed E-state index contributed by atoms with van der Waals surface area (Å²) < 4.78 is 5.08. The van der Waals surface area contributed by atoms with Crippen LogP contribution in [0.15, 0.2) is 30.3 Å². The summed E-state index contributed by atoms with van der Waals surface area (Å²) >= 11 is 0. The first-order valence-electron chi connectivity index (χ1n) is 7.33. The molecule has 1 aromatic carbocycles. The summed E-state index contributed by atoms with van der Waals surface area (Å²) in [7, 11) is 0. The van der Waals surface area contributed by atoms with E-state index >= 15 is 0 Å². The Labute approximate surface area is 121 Å². The molecule has 0 aliphatic carbocycles. The fourth-order valence-corrected chi connectivity index (χ4v) is 1.88. The molecule has 0 aliphatic rings. The average Bonchev–Trinajstić information content (AvgIpc) is 2.47. The van der Waals surface area contributed by atoms with Crippen LogP contribution in [0.2, 0.25) is 0 Å². The Balaban J connectivity index is 2.28. The van der Waals surface area contributed by atoms with Gasteiger partial charge in [-0.2, -0.15) is 0 Å². The second kappa shape index (κ2) is 10.4. The fourth-order valence-electron chi connectivity index (χ4n) is 1.88. The fraction of sp³-hybridized carbons (Fsp3) is 0.562. The van der Waals surface area contributed by atoms with E-state index in [1.54, 1.807) is 0 Å². The lowest BCUT2D eigenvalue weighted by Crippen LogP contribution is -2.30. The number of hydroxylamine groups is 1. The van der Waals surface area contributed by atoms with Gasteiger partial charge in [-0.05, 0) is 18.9 Å². The van der Waals surface area contributed by atoms with E-state index in [2.05, 4.69) is 12.4 Å². The summed E-state index contributed by atoms with van der Waals surface area (Å²) in [4.78, 5) is 17.2. The molecule has 1 aromatic rings. The quantitative estimate of drug-likeness (QED) is 0.406. The Morgan fingerprint density at radius 3 is 2.65 bits per heavy atom. The Hall–Kier alpha value is -1.39. The van der Waals surface area contributed by atoms with E-state index < -0.39 is 0 Å². The lowest BCUT2D eigenvalue weighted by atomic mass is 10.0. The number of carbonyl (C=O) groups is 1. The van der Waals surface area contributed by atoms with Gasteiger partial charge < -0.3 is 4.74 Å². The van der Waals surface area contributed by atoms with Crippen LogP contribution < -0.4 is 5.48 Å². The molecule has 1 unspecified atom stereocenters. The van der Waals surface area contributed by atoms with E-state index in [1.807, 2.05) is 37.3 Å². The predicted molar refractivity (Wildman–Crippen MR) is 78.9 cm³/mol. The molecule has 0 amide bonds. The minimum atomic E-state index is -0.142. The van der Waals surface area contributed by atoms with Gasteiger partial charge in [0.25, 0.3) is 0 Å². The van der Waals surface area contributed by atoms with Crippen molar-refractivity contribution in [2.75, 3.05) is 13.2 Å². The molecular weight excluding hydrogens is 254 g/mol. The van der Waals surface area contributed by atoms with Gasteiger partial charge in [0.05, 0.1) is 19.1 Å². The van der Waals surface area contributed by atoms with E-state index in [9.17, 15) is 4.79 Å². The van der Waals surface area contributed by atoms with Crippen LogP contribution in [0.25, 0.3) is 0 Å². The van der Waals surface area contributed by atoms with Gasteiger partial charge in [-0.1, -0.05) is 50.1 Å². The summed E-state index contributed by atoms with van der Waals surface area (Å²) in [5.74, 6) is -0.276. The number of ether oxygens (including phenoxy) is 1. The Morgan fingerprint density at radius 2 is 2.00 bits per heavy atom. The smallest absolute Gasteiger partial charge is 0.310 e. The number of hydrogen-bond acceptors (Lipinski definition) is 4. The largest absolute Gasteiger partial charge is 0.466 e. The van der Waals surface area contributed by atoms with Crippen molar-refractivity contribution in [3.63, 3.8) is 0 Å². The van der Waals surface area contributed by atoms with Gasteiger partial charge in [0, 0.05) is 6.54 Å². The predicted octanol–water partition coefficient (Wildman–Crippen LogP) is 3.08. The highest BCUT2D eigenvalue weighted by atomic mass is 16.6. The first-order valence-corrected chi connectivity index (χ1v) is 7.33. The van der Waals surface area contributed by atoms with E-state index in [0.29, 0.717) is 19.8 Å². The monoisotopic (exact) mass is 279 g/mol. The molecule has 0 saturated heterocycles. The third-order valence-electron chi connectivity index (χ3n) is 3.04. The average molecular weight is 279 g/mol. The van der Waals surface area contributed by atoms with E-state index in [-0.39, 0.29) is 11.9 Å². The van der Waals surface area contributed by atoms with Crippen molar-refractivity contribution in [1.29, 1.82) is 0 Å². The highest BCUT2D eigenvalue weighted by Crippen LogP contribution is 2.10. The van der Waals surface area contributed by atoms with E-state index in [4.69, 9.17) is 9.57 Å². The van der Waals surface area contributed by atoms with E-state index in [0.717, 1.165) is 24.8 Å². The molecule has 20 heavy (non-hydrogen) atoms. The molecule has 1 rings (SSSR count). The van der Waals surface area contributed by atoms with Gasteiger partial charge in [-0.25, -0.2) is 5.48 Å². The summed E-state index contributed by atoms with van der Waals surface area (Å²) in [6.07, 6.45) is 2.92. The first kappa shape index (κ1) is 16.7. The molecule has 0 heterocycles. The van der Waals surface area contributed by atoms with Crippen molar-refractivity contribution < 1.29 is 14.4 Å². The number of benzene rings is 1. The molecule has 0 fully saturated rings. The second-order valence-electron chi connectivity index (χ2n) is 4.71. The van der Waals surface area contributed by atoms with E-state index in [1.165, 1.54) is 0 Å². The van der Waals surface area contributed by atoms with Crippen molar-refractivity contribution in [3.05, 3.63) is 35.9 Å². The highest BCUT2D eigenvalue weighted by molar-refractivity contribution is 5.72. The zero-order valence-corrected chi connectivity index (χ0v) is 12.4. The summed E-state index contributed by atoms with van der Waals surface area (Å²) in [6, 6.07) is 9.92. The number of esters is 1. The lowest BCUT2D eigenvalue weighted by Gasteiger charge is -2.15. The summed E-state index contributed by atoms with van der Waals surface area (Å²) in [5.41, 5.74) is 3.98. The van der Waals surface area contributed by atoms with Crippen molar-refractivity contribution in [1.82, 2.24) is 5.48 Å². The molecular formula is C16H25NO3. The molecule has 0 aliphatic heterocycles. The summed E-state index contributed by atoms with van der Waals surface area (Å²) in [5, 5.41) is 0. The molecule has 1 atom stereocenters. The maximum absolute atomic E-state index is 11.8. The number of unbranched alkanes of at least 4 members (excludes halogenated alkanes) is 1. The first-order chi connectivity index (χ1) is 9.77. The standard InChI is InChI=1S/C16H25NO3/c1-3-5-11-15(16(18)19-4-2)12-17-20-13-14-9-7-6-8-10-14/h6-10,15,17H,3-5,11-13H2,1-2H3. The molecule has 0 radical (unpaired) electrons. The van der Waals surface area contributed by atoms with Crippen LogP contribution in [0.5, 0.6) is 0 Å². The molecule has 112 valence electrons. The van der Waals surface area contributed by atoms with Crippen LogP contribution in [0.1, 0.15) is 38.7 Å². The molecule has 4 nitrogen and oxygen atoms in total. The number of rotatable bonds is 10. The SMILES string of the molecule is CCCCC(CNOCc1ccccc1)C(=O)OCC. The normalized spacial score (nSPS) is 12.1. The molecule has 1 N–H and O–H groups in total. The van der Waals surface area contributed by atoms with Crippen molar-refractivity contribution in [2.24, 2.45) is 5.92 Å². The van der Waals surface area contributed by atoms with Crippen LogP contribution in [0, 0.1) is 5.92 Å². The minimum absolute atomic E-state index is 0.134. The maximum atomic E-state index is 11.8. The van der Waals surface area contributed by atoms with Crippen molar-refractivity contribution in [2.45, 2.75) is 39.7 Å². The van der Waals surface area contributed by atoms with Gasteiger partial charge in [-0.15, -0.1) is 0 Å². The number of nitrogens with one attached hydrogen (secondary N) is 1. The molecule has 0 spiro atoms. The number of hydrogen-bond donors (Lipinski definition) is 1. The zero-order valence-electron chi connectivity index (χ0n) is 12.4. The Morgan fingerprint density at radius 1 is 1.25 bits per heavy atom. The van der Waals surface area contributed by atoms with Crippen LogP contribution >= 0.6 is 0 Å². The van der Waals surface area contributed by atoms with Crippen LogP contribution in [0.4, 0.5) is 0 Å². The Kier molecular flexibility index (Phi) is 8.67. The minimum Gasteiger partial charge on any atom is -0.466 e. The van der Waals surface area contributed by atoms with Crippen molar-refractivity contribution in [3.8, 4) is 0 Å². The number of carbonyl (C=O) groups excluding carboxylic acids is 1. The molecule has 0 aromatic heterocycles. The highest BCUT2D eigenvalue weighted by Gasteiger charge is 2.18. The van der Waals surface area contributed by atoms with Crippen LogP contribution in [0.3, 0.4) is 0 Å². The second-order valence-corrected chi connectivity index (χ2v) is 4.71. The van der Waals surface area contributed by atoms with Gasteiger partial charge in [0.1, 0.15) is 0 Å². The van der Waals surface area contributed by atoms with Gasteiger partial charge in [0.15, 0.2) is 0 Å². The topological polar surface area (TPSA) is 47.6 Å². The van der Waals surface area contributed by atoms with Gasteiger partial charge in [0.2, 0.25) is 0 Å². The maximum Gasteiger partial charge on any atom is 0.310 e. The van der Waals surface area contributed by atoms with Crippen molar-refractivity contribution >= 4 is 5.97 Å². The Bertz CT molecular complexity index is 367. The molecule has 0 saturated carbocycles. The van der Waals surface area contributed by atoms with Crippen LogP contribution in [-0.2, 0) is 21.0 Å². The lowest BCUT2D eigenvalue weighted by molar-refractivity contribution is -0.149. The van der Waals surface area contributed by atoms with Gasteiger partial charge >= 0.3 is 5.97 Å². The molecule has 0 bridgehead atoms. The third-order valence-corrected chi connectivity index (χ3v) is 3.04. The van der Waals surface area contributed by atoms with Crippen LogP contribution in [-0.4, -0.2) is 19.1 Å². The third kappa shape index (κ3) is 6.68. The zero-order chi connectivity index (χ0) is 14.6.